The zero-order valence-electron chi connectivity index (χ0n) is 13.0. The predicted molar refractivity (Wildman–Crippen MR) is 98.6 cm³/mol. The maximum atomic E-state index is 12.2. The number of carbonyl (C=O) groups is 1. The van der Waals surface area contributed by atoms with Gasteiger partial charge in [0.05, 0.1) is 11.3 Å². The molecule has 1 aromatic heterocycles. The van der Waals surface area contributed by atoms with E-state index in [9.17, 15) is 4.79 Å². The second-order valence-electron chi connectivity index (χ2n) is 5.22. The van der Waals surface area contributed by atoms with E-state index in [2.05, 4.69) is 36.5 Å². The first kappa shape index (κ1) is 16.1. The quantitative estimate of drug-likeness (QED) is 0.694. The van der Waals surface area contributed by atoms with Gasteiger partial charge in [0.25, 0.3) is 5.91 Å². The minimum Gasteiger partial charge on any atom is -0.323 e. The van der Waals surface area contributed by atoms with Gasteiger partial charge in [0.1, 0.15) is 0 Å². The third-order valence-corrected chi connectivity index (χ3v) is 4.04. The van der Waals surface area contributed by atoms with Gasteiger partial charge >= 0.3 is 0 Å². The van der Waals surface area contributed by atoms with Crippen molar-refractivity contribution >= 4 is 39.2 Å². The minimum atomic E-state index is -0.244. The molecule has 0 atom stereocenters. The molecule has 3 rings (SSSR count). The van der Waals surface area contributed by atoms with Gasteiger partial charge in [-0.2, -0.15) is 0 Å². The number of hydrogen-bond acceptors (Lipinski definition) is 4. The van der Waals surface area contributed by atoms with Gasteiger partial charge in [-0.25, -0.2) is 9.97 Å². The number of halogens is 1. The highest BCUT2D eigenvalue weighted by molar-refractivity contribution is 9.10. The number of aromatic nitrogens is 2. The second-order valence-corrected chi connectivity index (χ2v) is 6.07. The Bertz CT molecular complexity index is 848. The Morgan fingerprint density at radius 2 is 1.67 bits per heavy atom. The summed E-state index contributed by atoms with van der Waals surface area (Å²) in [5.74, 6) is 0.181. The summed E-state index contributed by atoms with van der Waals surface area (Å²) < 4.78 is 0.912. The first-order chi connectivity index (χ1) is 11.6. The van der Waals surface area contributed by atoms with Crippen LogP contribution in [-0.2, 0) is 0 Å². The Labute approximate surface area is 148 Å². The van der Waals surface area contributed by atoms with Crippen molar-refractivity contribution in [3.05, 3.63) is 76.5 Å². The van der Waals surface area contributed by atoms with Crippen molar-refractivity contribution in [3.8, 4) is 0 Å². The van der Waals surface area contributed by atoms with E-state index in [0.717, 1.165) is 21.4 Å². The Morgan fingerprint density at radius 1 is 1.00 bits per heavy atom. The van der Waals surface area contributed by atoms with Crippen LogP contribution >= 0.6 is 15.9 Å². The van der Waals surface area contributed by atoms with E-state index in [1.165, 1.54) is 12.4 Å². The summed E-state index contributed by atoms with van der Waals surface area (Å²) >= 11 is 3.45. The molecule has 2 aromatic carbocycles. The minimum absolute atomic E-state index is 0.244. The SMILES string of the molecule is Cc1ccc(NC(=O)c2cnc(Nc3ccccc3Br)nc2)cc1. The highest BCUT2D eigenvalue weighted by Crippen LogP contribution is 2.23. The van der Waals surface area contributed by atoms with E-state index in [1.54, 1.807) is 0 Å². The van der Waals surface area contributed by atoms with E-state index in [-0.39, 0.29) is 5.91 Å². The van der Waals surface area contributed by atoms with Gasteiger partial charge in [-0.1, -0.05) is 29.8 Å². The van der Waals surface area contributed by atoms with Crippen LogP contribution < -0.4 is 10.6 Å². The van der Waals surface area contributed by atoms with Crippen LogP contribution in [0.5, 0.6) is 0 Å². The maximum absolute atomic E-state index is 12.2. The molecule has 1 amide bonds. The van der Waals surface area contributed by atoms with Crippen molar-refractivity contribution in [1.82, 2.24) is 9.97 Å². The standard InChI is InChI=1S/C18H15BrN4O/c1-12-6-8-14(9-7-12)22-17(24)13-10-20-18(21-11-13)23-16-5-3-2-4-15(16)19/h2-11H,1H3,(H,22,24)(H,20,21,23). The molecule has 0 spiro atoms. The fourth-order valence-electron chi connectivity index (χ4n) is 2.03. The lowest BCUT2D eigenvalue weighted by Gasteiger charge is -2.08. The van der Waals surface area contributed by atoms with Crippen molar-refractivity contribution in [1.29, 1.82) is 0 Å². The molecule has 0 aliphatic rings. The molecule has 0 aliphatic heterocycles. The summed E-state index contributed by atoms with van der Waals surface area (Å²) in [5.41, 5.74) is 3.13. The summed E-state index contributed by atoms with van der Waals surface area (Å²) in [6, 6.07) is 15.3. The molecule has 3 aromatic rings. The zero-order chi connectivity index (χ0) is 16.9. The van der Waals surface area contributed by atoms with Crippen molar-refractivity contribution < 1.29 is 4.79 Å². The van der Waals surface area contributed by atoms with Gasteiger partial charge in [0, 0.05) is 22.6 Å². The van der Waals surface area contributed by atoms with Gasteiger partial charge in [0.2, 0.25) is 5.95 Å². The number of aryl methyl sites for hydroxylation is 1. The average Bonchev–Trinajstić information content (AvgIpc) is 2.59. The number of rotatable bonds is 4. The summed E-state index contributed by atoms with van der Waals surface area (Å²) in [6.07, 6.45) is 2.99. The molecule has 0 saturated heterocycles. The predicted octanol–water partition coefficient (Wildman–Crippen LogP) is 4.54. The summed E-state index contributed by atoms with van der Waals surface area (Å²) in [5, 5.41) is 5.91. The largest absolute Gasteiger partial charge is 0.323 e. The first-order valence-electron chi connectivity index (χ1n) is 7.33. The third kappa shape index (κ3) is 3.97. The topological polar surface area (TPSA) is 66.9 Å². The van der Waals surface area contributed by atoms with Crippen LogP contribution in [-0.4, -0.2) is 15.9 Å². The highest BCUT2D eigenvalue weighted by atomic mass is 79.9. The molecule has 24 heavy (non-hydrogen) atoms. The first-order valence-corrected chi connectivity index (χ1v) is 8.13. The molecule has 0 bridgehead atoms. The molecule has 6 heteroatoms. The normalized spacial score (nSPS) is 10.2. The second kappa shape index (κ2) is 7.23. The highest BCUT2D eigenvalue weighted by Gasteiger charge is 2.08. The lowest BCUT2D eigenvalue weighted by molar-refractivity contribution is 0.102. The molecule has 0 aliphatic carbocycles. The van der Waals surface area contributed by atoms with Crippen molar-refractivity contribution in [2.45, 2.75) is 6.92 Å². The van der Waals surface area contributed by atoms with E-state index in [0.29, 0.717) is 11.5 Å². The van der Waals surface area contributed by atoms with Crippen molar-refractivity contribution in [2.75, 3.05) is 10.6 Å². The molecule has 0 saturated carbocycles. The summed E-state index contributed by atoms with van der Waals surface area (Å²) in [4.78, 5) is 20.6. The number of benzene rings is 2. The smallest absolute Gasteiger partial charge is 0.258 e. The molecule has 0 radical (unpaired) electrons. The number of amides is 1. The monoisotopic (exact) mass is 382 g/mol. The lowest BCUT2D eigenvalue weighted by atomic mass is 10.2. The Kier molecular flexibility index (Phi) is 4.86. The van der Waals surface area contributed by atoms with Crippen LogP contribution in [0.2, 0.25) is 0 Å². The van der Waals surface area contributed by atoms with Gasteiger partial charge in [-0.05, 0) is 47.1 Å². The molecule has 5 nitrogen and oxygen atoms in total. The van der Waals surface area contributed by atoms with Gasteiger partial charge < -0.3 is 10.6 Å². The molecule has 1 heterocycles. The number of nitrogens with one attached hydrogen (secondary N) is 2. The Hall–Kier alpha value is -2.73. The molecule has 2 N–H and O–H groups in total. The van der Waals surface area contributed by atoms with Gasteiger partial charge in [-0.3, -0.25) is 4.79 Å². The number of anilines is 3. The number of para-hydroxylation sites is 1. The molecular formula is C18H15BrN4O. The lowest BCUT2D eigenvalue weighted by Crippen LogP contribution is -2.13. The van der Waals surface area contributed by atoms with Gasteiger partial charge in [0.15, 0.2) is 0 Å². The third-order valence-electron chi connectivity index (χ3n) is 3.34. The van der Waals surface area contributed by atoms with Crippen molar-refractivity contribution in [2.24, 2.45) is 0 Å². The Morgan fingerprint density at radius 3 is 2.33 bits per heavy atom. The average molecular weight is 383 g/mol. The number of hydrogen-bond donors (Lipinski definition) is 2. The van der Waals surface area contributed by atoms with Crippen LogP contribution in [0.15, 0.2) is 65.4 Å². The molecule has 0 unspecified atom stereocenters. The number of nitrogens with zero attached hydrogens (tertiary/aromatic N) is 2. The van der Waals surface area contributed by atoms with Crippen LogP contribution in [0, 0.1) is 6.92 Å². The summed E-state index contributed by atoms with van der Waals surface area (Å²) in [7, 11) is 0. The van der Waals surface area contributed by atoms with Gasteiger partial charge in [-0.15, -0.1) is 0 Å². The maximum Gasteiger partial charge on any atom is 0.258 e. The number of carbonyl (C=O) groups excluding carboxylic acids is 1. The zero-order valence-corrected chi connectivity index (χ0v) is 14.5. The molecule has 0 fully saturated rings. The fourth-order valence-corrected chi connectivity index (χ4v) is 2.42. The van der Waals surface area contributed by atoms with E-state index in [4.69, 9.17) is 0 Å². The summed E-state index contributed by atoms with van der Waals surface area (Å²) in [6.45, 7) is 2.00. The fraction of sp³-hybridized carbons (Fsp3) is 0.0556. The van der Waals surface area contributed by atoms with Crippen LogP contribution in [0.3, 0.4) is 0 Å². The van der Waals surface area contributed by atoms with E-state index < -0.39 is 0 Å². The molecular weight excluding hydrogens is 368 g/mol. The van der Waals surface area contributed by atoms with E-state index >= 15 is 0 Å². The van der Waals surface area contributed by atoms with Crippen LogP contribution in [0.4, 0.5) is 17.3 Å². The van der Waals surface area contributed by atoms with E-state index in [1.807, 2.05) is 55.5 Å². The molecule has 120 valence electrons. The van der Waals surface area contributed by atoms with Crippen LogP contribution in [0.25, 0.3) is 0 Å². The van der Waals surface area contributed by atoms with Crippen LogP contribution in [0.1, 0.15) is 15.9 Å². The van der Waals surface area contributed by atoms with Crippen molar-refractivity contribution in [3.63, 3.8) is 0 Å². The Balaban J connectivity index is 1.68.